The number of benzene rings is 9. The van der Waals surface area contributed by atoms with E-state index in [0.29, 0.717) is 17.5 Å². The van der Waals surface area contributed by atoms with E-state index < -0.39 is 0 Å². The van der Waals surface area contributed by atoms with Gasteiger partial charge in [-0.3, -0.25) is 0 Å². The molecule has 0 spiro atoms. The summed E-state index contributed by atoms with van der Waals surface area (Å²) in [6.07, 6.45) is 0. The monoisotopic (exact) mass is 767 g/mol. The highest BCUT2D eigenvalue weighted by molar-refractivity contribution is 6.15. The number of hydrogen-bond donors (Lipinski definition) is 0. The van der Waals surface area contributed by atoms with Crippen molar-refractivity contribution in [3.8, 4) is 67.5 Å². The summed E-state index contributed by atoms with van der Waals surface area (Å²) in [5.41, 5.74) is 13.9. The lowest BCUT2D eigenvalue weighted by Gasteiger charge is -2.21. The lowest BCUT2D eigenvalue weighted by molar-refractivity contribution is 0.660. The van der Waals surface area contributed by atoms with Gasteiger partial charge < -0.3 is 4.42 Å². The summed E-state index contributed by atoms with van der Waals surface area (Å²) >= 11 is 0. The highest BCUT2D eigenvalue weighted by Crippen LogP contribution is 2.49. The van der Waals surface area contributed by atoms with Crippen LogP contribution >= 0.6 is 0 Å². The molecule has 0 fully saturated rings. The number of aromatic nitrogens is 3. The van der Waals surface area contributed by atoms with Crippen molar-refractivity contribution in [2.45, 2.75) is 19.3 Å². The standard InChI is InChI=1S/C56H37N3O/c1-56(2)48-21-11-10-18-42(48)46-33-39(27-29-49(46)56)54-57-53(36-14-4-3-5-15-36)58-55(59-54)44-19-9-8-17-41(44)43-20-12-22-51-52(43)47-32-38(28-30-50(47)60-51)37-26-25-35-24-23-34-13-6-7-16-40(34)45(35)31-37/h3-33H,1-2H3. The smallest absolute Gasteiger partial charge is 0.164 e. The summed E-state index contributed by atoms with van der Waals surface area (Å²) in [5.74, 6) is 1.88. The first kappa shape index (κ1) is 34.4. The predicted octanol–water partition coefficient (Wildman–Crippen LogP) is 14.7. The van der Waals surface area contributed by atoms with Crippen LogP contribution in [0.4, 0.5) is 0 Å². The molecule has 2 aromatic heterocycles. The molecular weight excluding hydrogens is 731 g/mol. The Morgan fingerprint density at radius 1 is 0.350 bits per heavy atom. The molecule has 0 amide bonds. The van der Waals surface area contributed by atoms with Gasteiger partial charge in [0.05, 0.1) is 0 Å². The molecule has 0 saturated carbocycles. The fourth-order valence-electron chi connectivity index (χ4n) is 9.53. The Bertz CT molecular complexity index is 3530. The highest BCUT2D eigenvalue weighted by Gasteiger charge is 2.35. The predicted molar refractivity (Wildman–Crippen MR) is 247 cm³/mol. The van der Waals surface area contributed by atoms with Crippen molar-refractivity contribution in [3.05, 3.63) is 199 Å². The number of rotatable bonds is 5. The van der Waals surface area contributed by atoms with Crippen molar-refractivity contribution in [3.63, 3.8) is 0 Å². The molecule has 12 rings (SSSR count). The van der Waals surface area contributed by atoms with Crippen LogP contribution in [0, 0.1) is 0 Å². The molecule has 1 aliphatic rings. The van der Waals surface area contributed by atoms with Gasteiger partial charge in [-0.1, -0.05) is 172 Å². The Hall–Kier alpha value is -7.69. The molecule has 0 aliphatic heterocycles. The molecule has 9 aromatic carbocycles. The van der Waals surface area contributed by atoms with E-state index in [1.807, 2.05) is 18.2 Å². The van der Waals surface area contributed by atoms with E-state index in [1.165, 1.54) is 43.8 Å². The van der Waals surface area contributed by atoms with Gasteiger partial charge in [0.15, 0.2) is 17.5 Å². The first-order valence-corrected chi connectivity index (χ1v) is 20.5. The normalized spacial score (nSPS) is 13.0. The van der Waals surface area contributed by atoms with Crippen LogP contribution in [0.15, 0.2) is 192 Å². The zero-order valence-electron chi connectivity index (χ0n) is 33.1. The molecule has 11 aromatic rings. The van der Waals surface area contributed by atoms with Crippen molar-refractivity contribution in [1.82, 2.24) is 15.0 Å². The molecular formula is C56H37N3O. The van der Waals surface area contributed by atoms with Crippen molar-refractivity contribution in [1.29, 1.82) is 0 Å². The molecule has 0 N–H and O–H groups in total. The molecule has 2 heterocycles. The van der Waals surface area contributed by atoms with Crippen LogP contribution in [0.3, 0.4) is 0 Å². The fourth-order valence-corrected chi connectivity index (χ4v) is 9.53. The van der Waals surface area contributed by atoms with Crippen LogP contribution in [0.1, 0.15) is 25.0 Å². The summed E-state index contributed by atoms with van der Waals surface area (Å²) < 4.78 is 6.57. The SMILES string of the molecule is CC1(C)c2ccccc2-c2cc(-c3nc(-c4ccccc4)nc(-c4ccccc4-c4cccc5oc6ccc(-c7ccc8ccc9ccccc9c8c7)cc6c45)n3)ccc21. The van der Waals surface area contributed by atoms with Gasteiger partial charge in [0.25, 0.3) is 0 Å². The Labute approximate surface area is 347 Å². The van der Waals surface area contributed by atoms with E-state index in [2.05, 4.69) is 184 Å². The Morgan fingerprint density at radius 2 is 0.950 bits per heavy atom. The van der Waals surface area contributed by atoms with Gasteiger partial charge in [-0.25, -0.2) is 15.0 Å². The third-order valence-electron chi connectivity index (χ3n) is 12.5. The maximum absolute atomic E-state index is 6.57. The lowest BCUT2D eigenvalue weighted by Crippen LogP contribution is -2.14. The third kappa shape index (κ3) is 5.34. The molecule has 0 unspecified atom stereocenters. The molecule has 0 atom stereocenters. The molecule has 0 radical (unpaired) electrons. The minimum absolute atomic E-state index is 0.0910. The van der Waals surface area contributed by atoms with Gasteiger partial charge in [-0.05, 0) is 96.4 Å². The van der Waals surface area contributed by atoms with Gasteiger partial charge in [-0.2, -0.15) is 0 Å². The minimum Gasteiger partial charge on any atom is -0.456 e. The van der Waals surface area contributed by atoms with Crippen LogP contribution in [0.2, 0.25) is 0 Å². The summed E-state index contributed by atoms with van der Waals surface area (Å²) in [6.45, 7) is 4.61. The Kier molecular flexibility index (Phi) is 7.54. The average molecular weight is 768 g/mol. The lowest BCUT2D eigenvalue weighted by atomic mass is 9.82. The molecule has 60 heavy (non-hydrogen) atoms. The van der Waals surface area contributed by atoms with Gasteiger partial charge in [0.1, 0.15) is 11.2 Å². The van der Waals surface area contributed by atoms with Crippen LogP contribution < -0.4 is 0 Å². The summed E-state index contributed by atoms with van der Waals surface area (Å²) in [6, 6.07) is 66.7. The third-order valence-corrected chi connectivity index (χ3v) is 12.5. The molecule has 0 saturated heterocycles. The van der Waals surface area contributed by atoms with E-state index in [-0.39, 0.29) is 5.41 Å². The van der Waals surface area contributed by atoms with Gasteiger partial charge in [0, 0.05) is 32.9 Å². The van der Waals surface area contributed by atoms with Crippen LogP contribution in [0.5, 0.6) is 0 Å². The number of nitrogens with zero attached hydrogens (tertiary/aromatic N) is 3. The second-order valence-electron chi connectivity index (χ2n) is 16.4. The zero-order valence-corrected chi connectivity index (χ0v) is 33.1. The fraction of sp³-hybridized carbons (Fsp3) is 0.0536. The number of hydrogen-bond acceptors (Lipinski definition) is 4. The van der Waals surface area contributed by atoms with E-state index in [9.17, 15) is 0 Å². The number of furan rings is 1. The maximum atomic E-state index is 6.57. The second-order valence-corrected chi connectivity index (χ2v) is 16.4. The van der Waals surface area contributed by atoms with E-state index in [4.69, 9.17) is 19.4 Å². The second kappa shape index (κ2) is 13.2. The van der Waals surface area contributed by atoms with Crippen molar-refractivity contribution < 1.29 is 4.42 Å². The summed E-state index contributed by atoms with van der Waals surface area (Å²) in [4.78, 5) is 15.6. The molecule has 4 heteroatoms. The zero-order chi connectivity index (χ0) is 40.0. The highest BCUT2D eigenvalue weighted by atomic mass is 16.3. The molecule has 4 nitrogen and oxygen atoms in total. The van der Waals surface area contributed by atoms with Crippen LogP contribution in [-0.2, 0) is 5.41 Å². The Morgan fingerprint density at radius 3 is 1.80 bits per heavy atom. The van der Waals surface area contributed by atoms with E-state index in [0.717, 1.165) is 60.9 Å². The quantitative estimate of drug-likeness (QED) is 0.164. The van der Waals surface area contributed by atoms with Crippen molar-refractivity contribution in [2.24, 2.45) is 0 Å². The largest absolute Gasteiger partial charge is 0.456 e. The summed E-state index contributed by atoms with van der Waals surface area (Å²) in [5, 5.41) is 7.10. The molecule has 282 valence electrons. The minimum atomic E-state index is -0.0910. The van der Waals surface area contributed by atoms with E-state index >= 15 is 0 Å². The van der Waals surface area contributed by atoms with Gasteiger partial charge in [-0.15, -0.1) is 0 Å². The van der Waals surface area contributed by atoms with Crippen molar-refractivity contribution in [2.75, 3.05) is 0 Å². The Balaban J connectivity index is 1.03. The van der Waals surface area contributed by atoms with E-state index in [1.54, 1.807) is 0 Å². The average Bonchev–Trinajstić information content (AvgIpc) is 3.80. The first-order valence-electron chi connectivity index (χ1n) is 20.5. The molecule has 0 bridgehead atoms. The van der Waals surface area contributed by atoms with Crippen molar-refractivity contribution >= 4 is 43.5 Å². The molecule has 1 aliphatic carbocycles. The first-order chi connectivity index (χ1) is 29.5. The van der Waals surface area contributed by atoms with Gasteiger partial charge in [0.2, 0.25) is 0 Å². The van der Waals surface area contributed by atoms with Crippen LogP contribution in [0.25, 0.3) is 111 Å². The van der Waals surface area contributed by atoms with Crippen LogP contribution in [-0.4, -0.2) is 15.0 Å². The maximum Gasteiger partial charge on any atom is 0.164 e. The topological polar surface area (TPSA) is 51.8 Å². The summed E-state index contributed by atoms with van der Waals surface area (Å²) in [7, 11) is 0. The number of fused-ring (bicyclic) bond motifs is 9. The van der Waals surface area contributed by atoms with Gasteiger partial charge >= 0.3 is 0 Å².